The summed E-state index contributed by atoms with van der Waals surface area (Å²) in [4.78, 5) is 11.5. The minimum atomic E-state index is -0.0963. The van der Waals surface area contributed by atoms with Crippen LogP contribution in [0.3, 0.4) is 0 Å². The van der Waals surface area contributed by atoms with Crippen molar-refractivity contribution in [2.24, 2.45) is 0 Å². The van der Waals surface area contributed by atoms with Gasteiger partial charge in [0.05, 0.1) is 0 Å². The van der Waals surface area contributed by atoms with Crippen molar-refractivity contribution in [3.05, 3.63) is 16.5 Å². The van der Waals surface area contributed by atoms with Gasteiger partial charge in [-0.1, -0.05) is 39.3 Å². The van der Waals surface area contributed by atoms with Crippen molar-refractivity contribution in [1.29, 1.82) is 0 Å². The third-order valence-electron chi connectivity index (χ3n) is 3.09. The minimum absolute atomic E-state index is 0.0963. The summed E-state index contributed by atoms with van der Waals surface area (Å²) in [7, 11) is 0. The van der Waals surface area contributed by atoms with E-state index < -0.39 is 0 Å². The van der Waals surface area contributed by atoms with E-state index in [1.54, 1.807) is 0 Å². The molecule has 0 fully saturated rings. The van der Waals surface area contributed by atoms with Crippen LogP contribution in [0, 0.1) is 6.92 Å². The van der Waals surface area contributed by atoms with Crippen LogP contribution in [0.4, 0.5) is 5.82 Å². The number of nitrogens with zero attached hydrogens (tertiary/aromatic N) is 3. The van der Waals surface area contributed by atoms with E-state index in [-0.39, 0.29) is 5.41 Å². The van der Waals surface area contributed by atoms with E-state index in [1.165, 1.54) is 0 Å². The maximum absolute atomic E-state index is 6.30. The van der Waals surface area contributed by atoms with Crippen LogP contribution in [-0.4, -0.2) is 22.6 Å². The zero-order valence-electron chi connectivity index (χ0n) is 13.2. The van der Waals surface area contributed by atoms with Gasteiger partial charge in [-0.3, -0.25) is 0 Å². The molecule has 1 aromatic heterocycles. The molecular weight excluding hydrogens is 258 g/mol. The third-order valence-corrected chi connectivity index (χ3v) is 3.46. The van der Waals surface area contributed by atoms with Crippen LogP contribution in [0.25, 0.3) is 0 Å². The second-order valence-electron chi connectivity index (χ2n) is 6.32. The van der Waals surface area contributed by atoms with E-state index >= 15 is 0 Å². The van der Waals surface area contributed by atoms with Gasteiger partial charge >= 0.3 is 0 Å². The Morgan fingerprint density at radius 1 is 1.21 bits per heavy atom. The summed E-state index contributed by atoms with van der Waals surface area (Å²) in [5.41, 5.74) is 0.873. The Hall–Kier alpha value is -0.830. The molecule has 1 rings (SSSR count). The first kappa shape index (κ1) is 16.2. The van der Waals surface area contributed by atoms with Gasteiger partial charge in [0.2, 0.25) is 0 Å². The Balaban J connectivity index is 3.36. The first-order chi connectivity index (χ1) is 8.68. The molecule has 0 saturated carbocycles. The highest BCUT2D eigenvalue weighted by molar-refractivity contribution is 6.30. The fraction of sp³-hybridized carbons (Fsp3) is 0.733. The van der Waals surface area contributed by atoms with Gasteiger partial charge in [0.1, 0.15) is 16.8 Å². The van der Waals surface area contributed by atoms with Gasteiger partial charge < -0.3 is 4.90 Å². The Morgan fingerprint density at radius 2 is 1.79 bits per heavy atom. The molecule has 0 amide bonds. The quantitative estimate of drug-likeness (QED) is 0.769. The van der Waals surface area contributed by atoms with Crippen molar-refractivity contribution in [3.63, 3.8) is 0 Å². The lowest BCUT2D eigenvalue weighted by atomic mass is 9.95. The molecule has 1 heterocycles. The van der Waals surface area contributed by atoms with Crippen molar-refractivity contribution < 1.29 is 0 Å². The van der Waals surface area contributed by atoms with Gasteiger partial charge in [-0.2, -0.15) is 0 Å². The maximum Gasteiger partial charge on any atom is 0.137 e. The molecule has 0 atom stereocenters. The number of aromatic nitrogens is 2. The SMILES string of the molecule is CCCN(c1nc(C(C)(C)C)nc(Cl)c1C)C(C)C. The molecule has 19 heavy (non-hydrogen) atoms. The molecule has 1 aromatic rings. The molecule has 0 aliphatic carbocycles. The van der Waals surface area contributed by atoms with Crippen molar-refractivity contribution in [2.45, 2.75) is 66.3 Å². The van der Waals surface area contributed by atoms with Gasteiger partial charge in [0, 0.05) is 23.6 Å². The highest BCUT2D eigenvalue weighted by atomic mass is 35.5. The molecule has 4 heteroatoms. The molecule has 0 aliphatic rings. The average Bonchev–Trinajstić information content (AvgIpc) is 2.28. The first-order valence-electron chi connectivity index (χ1n) is 6.99. The van der Waals surface area contributed by atoms with Gasteiger partial charge in [0.15, 0.2) is 0 Å². The molecule has 0 spiro atoms. The molecule has 0 bridgehead atoms. The predicted molar refractivity (Wildman–Crippen MR) is 83.3 cm³/mol. The van der Waals surface area contributed by atoms with E-state index in [0.29, 0.717) is 11.2 Å². The minimum Gasteiger partial charge on any atom is -0.354 e. The topological polar surface area (TPSA) is 29.0 Å². The van der Waals surface area contributed by atoms with Gasteiger partial charge in [-0.25, -0.2) is 9.97 Å². The Bertz CT molecular complexity index is 436. The number of rotatable bonds is 4. The van der Waals surface area contributed by atoms with E-state index in [2.05, 4.69) is 51.4 Å². The molecule has 0 aliphatic heterocycles. The monoisotopic (exact) mass is 283 g/mol. The van der Waals surface area contributed by atoms with E-state index in [0.717, 1.165) is 30.2 Å². The molecule has 0 aromatic carbocycles. The second-order valence-corrected chi connectivity index (χ2v) is 6.68. The Labute approximate surface area is 122 Å². The average molecular weight is 284 g/mol. The summed E-state index contributed by atoms with van der Waals surface area (Å²) in [6, 6.07) is 0.400. The van der Waals surface area contributed by atoms with Crippen molar-refractivity contribution in [2.75, 3.05) is 11.4 Å². The summed E-state index contributed by atoms with van der Waals surface area (Å²) in [5.74, 6) is 1.78. The van der Waals surface area contributed by atoms with Gasteiger partial charge in [-0.05, 0) is 27.2 Å². The largest absolute Gasteiger partial charge is 0.354 e. The lowest BCUT2D eigenvalue weighted by Crippen LogP contribution is -2.34. The standard InChI is InChI=1S/C15H26ClN3/c1-8-9-19(10(2)3)13-11(4)12(16)17-14(18-13)15(5,6)7/h10H,8-9H2,1-7H3. The Morgan fingerprint density at radius 3 is 2.21 bits per heavy atom. The van der Waals surface area contributed by atoms with Crippen molar-refractivity contribution >= 4 is 17.4 Å². The van der Waals surface area contributed by atoms with Crippen LogP contribution in [0.5, 0.6) is 0 Å². The molecule has 0 unspecified atom stereocenters. The highest BCUT2D eigenvalue weighted by Gasteiger charge is 2.23. The summed E-state index contributed by atoms with van der Waals surface area (Å²) in [6.45, 7) is 15.8. The van der Waals surface area contributed by atoms with Crippen LogP contribution < -0.4 is 4.90 Å². The Kier molecular flexibility index (Phi) is 5.19. The summed E-state index contributed by atoms with van der Waals surface area (Å²) < 4.78 is 0. The highest BCUT2D eigenvalue weighted by Crippen LogP contribution is 2.29. The van der Waals surface area contributed by atoms with Gasteiger partial charge in [0.25, 0.3) is 0 Å². The zero-order chi connectivity index (χ0) is 14.8. The van der Waals surface area contributed by atoms with Crippen LogP contribution in [0.1, 0.15) is 59.4 Å². The maximum atomic E-state index is 6.30. The van der Waals surface area contributed by atoms with E-state index in [4.69, 9.17) is 16.6 Å². The smallest absolute Gasteiger partial charge is 0.137 e. The third kappa shape index (κ3) is 3.82. The van der Waals surface area contributed by atoms with Crippen LogP contribution >= 0.6 is 11.6 Å². The number of hydrogen-bond acceptors (Lipinski definition) is 3. The molecule has 0 N–H and O–H groups in total. The van der Waals surface area contributed by atoms with Crippen molar-refractivity contribution in [1.82, 2.24) is 9.97 Å². The van der Waals surface area contributed by atoms with E-state index in [9.17, 15) is 0 Å². The van der Waals surface area contributed by atoms with Crippen LogP contribution in [0.15, 0.2) is 0 Å². The number of anilines is 1. The van der Waals surface area contributed by atoms with Crippen LogP contribution in [-0.2, 0) is 5.41 Å². The van der Waals surface area contributed by atoms with Crippen molar-refractivity contribution in [3.8, 4) is 0 Å². The summed E-state index contributed by atoms with van der Waals surface area (Å²) in [6.07, 6.45) is 1.09. The predicted octanol–water partition coefficient (Wildman–Crippen LogP) is 4.36. The zero-order valence-corrected chi connectivity index (χ0v) is 14.0. The molecule has 3 nitrogen and oxygen atoms in total. The van der Waals surface area contributed by atoms with Crippen LogP contribution in [0.2, 0.25) is 5.15 Å². The molecule has 0 saturated heterocycles. The summed E-state index contributed by atoms with van der Waals surface area (Å²) >= 11 is 6.30. The lowest BCUT2D eigenvalue weighted by Gasteiger charge is -2.30. The second kappa shape index (κ2) is 6.08. The molecule has 0 radical (unpaired) electrons. The van der Waals surface area contributed by atoms with Gasteiger partial charge in [-0.15, -0.1) is 0 Å². The summed E-state index contributed by atoms with van der Waals surface area (Å²) in [5, 5.41) is 0.566. The molecular formula is C15H26ClN3. The first-order valence-corrected chi connectivity index (χ1v) is 7.37. The fourth-order valence-electron chi connectivity index (χ4n) is 1.94. The number of hydrogen-bond donors (Lipinski definition) is 0. The molecule has 108 valence electrons. The van der Waals surface area contributed by atoms with E-state index in [1.807, 2.05) is 6.92 Å². The fourth-order valence-corrected chi connectivity index (χ4v) is 2.11. The lowest BCUT2D eigenvalue weighted by molar-refractivity contribution is 0.540. The normalized spacial score (nSPS) is 12.1. The number of halogens is 1.